The Morgan fingerprint density at radius 2 is 1.85 bits per heavy atom. The van der Waals surface area contributed by atoms with Gasteiger partial charge in [-0.3, -0.25) is 9.69 Å². The highest BCUT2D eigenvalue weighted by Gasteiger charge is 2.56. The fourth-order valence-corrected chi connectivity index (χ4v) is 5.07. The molecule has 2 aliphatic heterocycles. The third-order valence-corrected chi connectivity index (χ3v) is 7.12. The molecule has 3 unspecified atom stereocenters. The summed E-state index contributed by atoms with van der Waals surface area (Å²) in [5.41, 5.74) is -3.02. The molecule has 2 aliphatic rings. The number of Topliss-reactive ketones (excluding diaryl/α,β-unsaturated/α-hetero) is 1. The SMILES string of the molecule is CCC(=O)CN1CCC2(Cc3ccc(F)cc3)c3ccc(C(C)(F)C(F)(F)F)cc3OCC12. The third-order valence-electron chi connectivity index (χ3n) is 7.12. The second-order valence-electron chi connectivity index (χ2n) is 9.11. The number of fused-ring (bicyclic) bond motifs is 3. The Bertz CT molecular complexity index is 1030. The highest BCUT2D eigenvalue weighted by Crippen LogP contribution is 2.51. The van der Waals surface area contributed by atoms with E-state index in [1.807, 2.05) is 0 Å². The van der Waals surface area contributed by atoms with Gasteiger partial charge in [-0.2, -0.15) is 13.2 Å². The van der Waals surface area contributed by atoms with Gasteiger partial charge in [0.15, 0.2) is 0 Å². The minimum Gasteiger partial charge on any atom is -0.492 e. The molecule has 3 atom stereocenters. The molecule has 0 aromatic heterocycles. The van der Waals surface area contributed by atoms with Crippen molar-refractivity contribution in [2.45, 2.75) is 56.4 Å². The smallest absolute Gasteiger partial charge is 0.426 e. The number of rotatable bonds is 6. The fourth-order valence-electron chi connectivity index (χ4n) is 5.07. The van der Waals surface area contributed by atoms with E-state index in [-0.39, 0.29) is 36.5 Å². The first-order chi connectivity index (χ1) is 15.5. The Kier molecular flexibility index (Phi) is 6.01. The summed E-state index contributed by atoms with van der Waals surface area (Å²) in [6.07, 6.45) is -3.51. The maximum atomic E-state index is 14.6. The molecule has 2 aromatic carbocycles. The number of ketones is 1. The van der Waals surface area contributed by atoms with Crippen molar-refractivity contribution >= 4 is 5.78 Å². The summed E-state index contributed by atoms with van der Waals surface area (Å²) < 4.78 is 73.8. The van der Waals surface area contributed by atoms with Crippen molar-refractivity contribution in [2.75, 3.05) is 19.7 Å². The molecule has 0 N–H and O–H groups in total. The molecule has 2 aromatic rings. The van der Waals surface area contributed by atoms with E-state index < -0.39 is 22.8 Å². The van der Waals surface area contributed by atoms with Gasteiger partial charge in [0.2, 0.25) is 5.67 Å². The zero-order valence-electron chi connectivity index (χ0n) is 18.5. The summed E-state index contributed by atoms with van der Waals surface area (Å²) in [5.74, 6) is -0.0458. The summed E-state index contributed by atoms with van der Waals surface area (Å²) in [4.78, 5) is 14.2. The van der Waals surface area contributed by atoms with Crippen molar-refractivity contribution in [3.8, 4) is 5.75 Å². The monoisotopic (exact) mass is 467 g/mol. The summed E-state index contributed by atoms with van der Waals surface area (Å²) >= 11 is 0. The number of hydrogen-bond acceptors (Lipinski definition) is 3. The maximum Gasteiger partial charge on any atom is 0.426 e. The molecule has 0 amide bonds. The molecule has 0 aliphatic carbocycles. The Morgan fingerprint density at radius 1 is 1.15 bits per heavy atom. The maximum absolute atomic E-state index is 14.6. The lowest BCUT2D eigenvalue weighted by molar-refractivity contribution is -0.228. The molecular formula is C25H26F5NO2. The second kappa shape index (κ2) is 8.38. The quantitative estimate of drug-likeness (QED) is 0.526. The molecule has 4 rings (SSSR count). The van der Waals surface area contributed by atoms with Gasteiger partial charge in [-0.1, -0.05) is 31.2 Å². The standard InChI is InChI=1S/C25H26F5NO2/c1-3-19(32)14-31-11-10-24(13-16-4-7-18(26)8-5-16)20-9-6-17(23(2,27)25(28,29)30)12-21(20)33-15-22(24)31/h4-9,12,22H,3,10-11,13-15H2,1-2H3. The molecule has 178 valence electrons. The first-order valence-corrected chi connectivity index (χ1v) is 11.0. The summed E-state index contributed by atoms with van der Waals surface area (Å²) in [6, 6.07) is 9.77. The zero-order chi connectivity index (χ0) is 24.0. The number of benzene rings is 2. The number of halogens is 5. The molecule has 0 radical (unpaired) electrons. The van der Waals surface area contributed by atoms with Crippen molar-refractivity contribution in [2.24, 2.45) is 0 Å². The van der Waals surface area contributed by atoms with Crippen LogP contribution in [-0.2, 0) is 22.3 Å². The number of nitrogens with zero attached hydrogens (tertiary/aromatic N) is 1. The average Bonchev–Trinajstić information content (AvgIpc) is 3.12. The van der Waals surface area contributed by atoms with E-state index in [1.54, 1.807) is 19.1 Å². The highest BCUT2D eigenvalue weighted by molar-refractivity contribution is 5.80. The van der Waals surface area contributed by atoms with E-state index in [1.165, 1.54) is 24.3 Å². The van der Waals surface area contributed by atoms with Crippen molar-refractivity contribution in [3.05, 3.63) is 65.0 Å². The summed E-state index contributed by atoms with van der Waals surface area (Å²) in [6.45, 7) is 3.35. The summed E-state index contributed by atoms with van der Waals surface area (Å²) in [7, 11) is 0. The first-order valence-electron chi connectivity index (χ1n) is 11.0. The minimum atomic E-state index is -5.06. The van der Waals surface area contributed by atoms with Crippen LogP contribution in [0.25, 0.3) is 0 Å². The van der Waals surface area contributed by atoms with Crippen LogP contribution in [0.5, 0.6) is 5.75 Å². The Hall–Kier alpha value is -2.48. The molecule has 0 spiro atoms. The largest absolute Gasteiger partial charge is 0.492 e. The van der Waals surface area contributed by atoms with Crippen LogP contribution in [0, 0.1) is 5.82 Å². The topological polar surface area (TPSA) is 29.5 Å². The molecule has 8 heteroatoms. The molecule has 1 fully saturated rings. The average molecular weight is 467 g/mol. The Morgan fingerprint density at radius 3 is 2.48 bits per heavy atom. The van der Waals surface area contributed by atoms with Gasteiger partial charge in [0.1, 0.15) is 24.0 Å². The van der Waals surface area contributed by atoms with Gasteiger partial charge in [0, 0.05) is 29.5 Å². The zero-order valence-corrected chi connectivity index (χ0v) is 18.5. The lowest BCUT2D eigenvalue weighted by Crippen LogP contribution is -2.51. The first kappa shape index (κ1) is 23.7. The number of hydrogen-bond donors (Lipinski definition) is 0. The van der Waals surface area contributed by atoms with E-state index in [0.29, 0.717) is 38.3 Å². The molecule has 33 heavy (non-hydrogen) atoms. The summed E-state index contributed by atoms with van der Waals surface area (Å²) in [5, 5.41) is 0. The van der Waals surface area contributed by atoms with Gasteiger partial charge in [-0.25, -0.2) is 8.78 Å². The van der Waals surface area contributed by atoms with Gasteiger partial charge in [-0.15, -0.1) is 0 Å². The lowest BCUT2D eigenvalue weighted by atomic mass is 9.68. The van der Waals surface area contributed by atoms with Crippen LogP contribution in [0.1, 0.15) is 43.4 Å². The van der Waals surface area contributed by atoms with E-state index in [4.69, 9.17) is 4.74 Å². The molecular weight excluding hydrogens is 441 g/mol. The second-order valence-corrected chi connectivity index (χ2v) is 9.11. The molecule has 2 heterocycles. The van der Waals surface area contributed by atoms with Crippen LogP contribution in [0.15, 0.2) is 42.5 Å². The number of ether oxygens (including phenoxy) is 1. The van der Waals surface area contributed by atoms with Gasteiger partial charge >= 0.3 is 6.18 Å². The van der Waals surface area contributed by atoms with Crippen LogP contribution in [0.4, 0.5) is 22.0 Å². The molecule has 0 saturated carbocycles. The van der Waals surface area contributed by atoms with Crippen molar-refractivity contribution in [1.82, 2.24) is 4.90 Å². The number of likely N-dealkylation sites (tertiary alicyclic amines) is 1. The van der Waals surface area contributed by atoms with Gasteiger partial charge < -0.3 is 4.74 Å². The van der Waals surface area contributed by atoms with E-state index in [2.05, 4.69) is 4.90 Å². The van der Waals surface area contributed by atoms with E-state index in [0.717, 1.165) is 11.6 Å². The third kappa shape index (κ3) is 4.14. The molecule has 3 nitrogen and oxygen atoms in total. The van der Waals surface area contributed by atoms with Gasteiger partial charge in [0.05, 0.1) is 12.6 Å². The number of alkyl halides is 4. The Balaban J connectivity index is 1.77. The van der Waals surface area contributed by atoms with Crippen LogP contribution in [-0.4, -0.2) is 42.6 Å². The molecule has 0 bridgehead atoms. The fraction of sp³-hybridized carbons (Fsp3) is 0.480. The minimum absolute atomic E-state index is 0.0899. The van der Waals surface area contributed by atoms with Crippen molar-refractivity contribution < 1.29 is 31.5 Å². The van der Waals surface area contributed by atoms with Gasteiger partial charge in [0.25, 0.3) is 0 Å². The van der Waals surface area contributed by atoms with Crippen molar-refractivity contribution in [3.63, 3.8) is 0 Å². The van der Waals surface area contributed by atoms with Gasteiger partial charge in [-0.05, 0) is 43.5 Å². The Labute approximate surface area is 189 Å². The number of carbonyl (C=O) groups is 1. The normalized spacial score (nSPS) is 24.5. The lowest BCUT2D eigenvalue weighted by Gasteiger charge is -2.43. The van der Waals surface area contributed by atoms with Crippen LogP contribution < -0.4 is 4.74 Å². The number of carbonyl (C=O) groups excluding carboxylic acids is 1. The van der Waals surface area contributed by atoms with Crippen LogP contribution >= 0.6 is 0 Å². The predicted molar refractivity (Wildman–Crippen MR) is 114 cm³/mol. The molecule has 1 saturated heterocycles. The van der Waals surface area contributed by atoms with E-state index >= 15 is 0 Å². The van der Waals surface area contributed by atoms with Crippen molar-refractivity contribution in [1.29, 1.82) is 0 Å². The van der Waals surface area contributed by atoms with E-state index in [9.17, 15) is 26.7 Å². The van der Waals surface area contributed by atoms with Crippen LogP contribution in [0.2, 0.25) is 0 Å². The predicted octanol–water partition coefficient (Wildman–Crippen LogP) is 5.50. The highest BCUT2D eigenvalue weighted by atomic mass is 19.4. The van der Waals surface area contributed by atoms with Crippen LogP contribution in [0.3, 0.4) is 0 Å².